The number of aromatic nitrogens is 5. The summed E-state index contributed by atoms with van der Waals surface area (Å²) in [4.78, 5) is 20.5. The van der Waals surface area contributed by atoms with Crippen molar-refractivity contribution in [3.05, 3.63) is 114 Å². The summed E-state index contributed by atoms with van der Waals surface area (Å²) in [6, 6.07) is 23.9. The minimum atomic E-state index is -0.421. The fraction of sp³-hybridized carbons (Fsp3) is 0.286. The van der Waals surface area contributed by atoms with Crippen molar-refractivity contribution in [2.24, 2.45) is 0 Å². The molecule has 3 aromatic heterocycles. The van der Waals surface area contributed by atoms with Gasteiger partial charge in [-0.05, 0) is 41.0 Å². The molecule has 2 unspecified atom stereocenters. The smallest absolute Gasteiger partial charge is 0.239 e. The summed E-state index contributed by atoms with van der Waals surface area (Å²) in [5, 5.41) is 22.0. The standard InChI is InChI=1S/C35H38N8O2/c1-22(28-19-39-30-10-6-4-8-27(28)30)33-41-42-34(43(33)21-23-11-13-25(45-2)14-12-23)31(40-35(44)32-20-36-15-16-37-32)17-24-18-38-29-9-5-3-7-26(24)29/h3-14,18-19,22,31-32,36-39H,15-17,20-21H2,1-2H3,(H,40,44)/t22?,31?,32-/m1/s1. The van der Waals surface area contributed by atoms with Crippen LogP contribution in [0.1, 0.15) is 47.2 Å². The van der Waals surface area contributed by atoms with Gasteiger partial charge in [0, 0.05) is 66.2 Å². The van der Waals surface area contributed by atoms with Gasteiger partial charge in [-0.2, -0.15) is 0 Å². The molecule has 10 heteroatoms. The topological polar surface area (TPSA) is 125 Å². The lowest BCUT2D eigenvalue weighted by molar-refractivity contribution is -0.124. The lowest BCUT2D eigenvalue weighted by Crippen LogP contribution is -2.56. The van der Waals surface area contributed by atoms with Gasteiger partial charge in [0.25, 0.3) is 0 Å². The molecule has 0 saturated carbocycles. The van der Waals surface area contributed by atoms with Crippen molar-refractivity contribution in [1.82, 2.24) is 40.7 Å². The van der Waals surface area contributed by atoms with Crippen LogP contribution < -0.4 is 20.7 Å². The number of hydrogen-bond donors (Lipinski definition) is 5. The van der Waals surface area contributed by atoms with Crippen molar-refractivity contribution in [3.8, 4) is 5.75 Å². The number of para-hydroxylation sites is 2. The number of benzene rings is 3. The molecule has 1 aliphatic heterocycles. The Morgan fingerprint density at radius 1 is 0.933 bits per heavy atom. The van der Waals surface area contributed by atoms with Gasteiger partial charge in [-0.3, -0.25) is 4.79 Å². The molecule has 1 aliphatic rings. The average molecular weight is 603 g/mol. The van der Waals surface area contributed by atoms with Crippen LogP contribution in [0.4, 0.5) is 0 Å². The third-order valence-electron chi connectivity index (χ3n) is 8.87. The molecule has 6 aromatic rings. The maximum Gasteiger partial charge on any atom is 0.239 e. The van der Waals surface area contributed by atoms with Crippen LogP contribution in [0.25, 0.3) is 21.8 Å². The number of H-pyrrole nitrogens is 2. The second kappa shape index (κ2) is 12.6. The number of methoxy groups -OCH3 is 1. The van der Waals surface area contributed by atoms with E-state index in [0.717, 1.165) is 69.0 Å². The Hall–Kier alpha value is -4.93. The predicted octanol–water partition coefficient (Wildman–Crippen LogP) is 4.41. The molecule has 1 saturated heterocycles. The van der Waals surface area contributed by atoms with E-state index in [4.69, 9.17) is 14.9 Å². The van der Waals surface area contributed by atoms with Crippen molar-refractivity contribution in [2.75, 3.05) is 26.7 Å². The summed E-state index contributed by atoms with van der Waals surface area (Å²) in [6.07, 6.45) is 4.65. The third kappa shape index (κ3) is 5.82. The second-order valence-electron chi connectivity index (χ2n) is 11.7. The summed E-state index contributed by atoms with van der Waals surface area (Å²) in [5.74, 6) is 2.23. The number of carbonyl (C=O) groups is 1. The number of piperazine rings is 1. The minimum absolute atomic E-state index is 0.0581. The lowest BCUT2D eigenvalue weighted by atomic mass is 9.99. The van der Waals surface area contributed by atoms with Crippen molar-refractivity contribution >= 4 is 27.7 Å². The largest absolute Gasteiger partial charge is 0.497 e. The number of rotatable bonds is 10. The molecule has 10 nitrogen and oxygen atoms in total. The molecule has 1 amide bonds. The zero-order valence-corrected chi connectivity index (χ0v) is 25.5. The predicted molar refractivity (Wildman–Crippen MR) is 175 cm³/mol. The van der Waals surface area contributed by atoms with Crippen LogP contribution >= 0.6 is 0 Å². The van der Waals surface area contributed by atoms with E-state index in [-0.39, 0.29) is 17.9 Å². The molecule has 0 radical (unpaired) electrons. The van der Waals surface area contributed by atoms with Gasteiger partial charge in [0.2, 0.25) is 5.91 Å². The molecule has 1 fully saturated rings. The van der Waals surface area contributed by atoms with Crippen LogP contribution in [-0.2, 0) is 17.8 Å². The van der Waals surface area contributed by atoms with Gasteiger partial charge in [-0.1, -0.05) is 55.5 Å². The van der Waals surface area contributed by atoms with E-state index in [2.05, 4.69) is 86.1 Å². The first kappa shape index (κ1) is 28.8. The Balaban J connectivity index is 1.31. The molecule has 0 bridgehead atoms. The molecule has 4 heterocycles. The molecule has 230 valence electrons. The monoisotopic (exact) mass is 602 g/mol. The molecular weight excluding hydrogens is 564 g/mol. The molecule has 0 spiro atoms. The van der Waals surface area contributed by atoms with Gasteiger partial charge >= 0.3 is 0 Å². The minimum Gasteiger partial charge on any atom is -0.497 e. The summed E-state index contributed by atoms with van der Waals surface area (Å²) < 4.78 is 7.60. The Bertz CT molecular complexity index is 1920. The quantitative estimate of drug-likeness (QED) is 0.158. The Labute approximate surface area is 261 Å². The van der Waals surface area contributed by atoms with Gasteiger partial charge in [0.05, 0.1) is 25.7 Å². The maximum absolute atomic E-state index is 13.7. The van der Waals surface area contributed by atoms with E-state index in [1.165, 1.54) is 0 Å². The van der Waals surface area contributed by atoms with Crippen LogP contribution in [0.15, 0.2) is 85.2 Å². The molecule has 5 N–H and O–H groups in total. The maximum atomic E-state index is 13.7. The van der Waals surface area contributed by atoms with Crippen molar-refractivity contribution in [1.29, 1.82) is 0 Å². The summed E-state index contributed by atoms with van der Waals surface area (Å²) >= 11 is 0. The van der Waals surface area contributed by atoms with Crippen LogP contribution in [0, 0.1) is 0 Å². The number of nitrogens with zero attached hydrogens (tertiary/aromatic N) is 3. The average Bonchev–Trinajstić information content (AvgIpc) is 3.82. The fourth-order valence-electron chi connectivity index (χ4n) is 6.41. The third-order valence-corrected chi connectivity index (χ3v) is 8.87. The number of hydrogen-bond acceptors (Lipinski definition) is 6. The lowest BCUT2D eigenvalue weighted by Gasteiger charge is -2.27. The van der Waals surface area contributed by atoms with Crippen molar-refractivity contribution < 1.29 is 9.53 Å². The van der Waals surface area contributed by atoms with Crippen LogP contribution in [0.5, 0.6) is 5.75 Å². The number of aromatic amines is 2. The summed E-state index contributed by atoms with van der Waals surface area (Å²) in [6.45, 7) is 4.86. The summed E-state index contributed by atoms with van der Waals surface area (Å²) in [7, 11) is 1.67. The number of carbonyl (C=O) groups excluding carboxylic acids is 1. The van der Waals surface area contributed by atoms with Crippen LogP contribution in [0.2, 0.25) is 0 Å². The zero-order chi connectivity index (χ0) is 30.8. The van der Waals surface area contributed by atoms with Gasteiger partial charge in [-0.15, -0.1) is 10.2 Å². The first-order chi connectivity index (χ1) is 22.1. The Kier molecular flexibility index (Phi) is 8.06. The van der Waals surface area contributed by atoms with E-state index in [0.29, 0.717) is 19.5 Å². The van der Waals surface area contributed by atoms with Gasteiger partial charge < -0.3 is 35.2 Å². The van der Waals surface area contributed by atoms with Crippen molar-refractivity contribution in [3.63, 3.8) is 0 Å². The highest BCUT2D eigenvalue weighted by atomic mass is 16.5. The number of fused-ring (bicyclic) bond motifs is 2. The number of amides is 1. The molecular formula is C35H38N8O2. The highest BCUT2D eigenvalue weighted by Gasteiger charge is 2.30. The molecule has 0 aliphatic carbocycles. The first-order valence-corrected chi connectivity index (χ1v) is 15.5. The van der Waals surface area contributed by atoms with E-state index < -0.39 is 6.04 Å². The van der Waals surface area contributed by atoms with Crippen LogP contribution in [-0.4, -0.2) is 63.4 Å². The molecule has 3 aromatic carbocycles. The van der Waals surface area contributed by atoms with E-state index in [1.807, 2.05) is 36.5 Å². The Morgan fingerprint density at radius 2 is 1.64 bits per heavy atom. The second-order valence-corrected chi connectivity index (χ2v) is 11.7. The van der Waals surface area contributed by atoms with E-state index in [9.17, 15) is 4.79 Å². The SMILES string of the molecule is COc1ccc(Cn2c(C(Cc3c[nH]c4ccccc34)NC(=O)[C@H]3CNCCN3)nnc2C(C)c2c[nH]c3ccccc23)cc1. The fourth-order valence-corrected chi connectivity index (χ4v) is 6.41. The highest BCUT2D eigenvalue weighted by Crippen LogP contribution is 2.32. The van der Waals surface area contributed by atoms with E-state index in [1.54, 1.807) is 7.11 Å². The zero-order valence-electron chi connectivity index (χ0n) is 25.5. The molecule has 7 rings (SSSR count). The highest BCUT2D eigenvalue weighted by molar-refractivity contribution is 5.85. The van der Waals surface area contributed by atoms with Gasteiger partial charge in [0.1, 0.15) is 11.6 Å². The van der Waals surface area contributed by atoms with Crippen molar-refractivity contribution in [2.45, 2.75) is 37.9 Å². The van der Waals surface area contributed by atoms with E-state index >= 15 is 0 Å². The van der Waals surface area contributed by atoms with Crippen LogP contribution in [0.3, 0.4) is 0 Å². The number of ether oxygens (including phenoxy) is 1. The first-order valence-electron chi connectivity index (χ1n) is 15.5. The Morgan fingerprint density at radius 3 is 2.40 bits per heavy atom. The normalized spacial score (nSPS) is 16.5. The molecule has 3 atom stereocenters. The number of nitrogens with one attached hydrogen (secondary N) is 5. The van der Waals surface area contributed by atoms with Gasteiger partial charge in [-0.25, -0.2) is 0 Å². The summed E-state index contributed by atoms with van der Waals surface area (Å²) in [5.41, 5.74) is 5.48. The van der Waals surface area contributed by atoms with Gasteiger partial charge in [0.15, 0.2) is 5.82 Å². The molecule has 45 heavy (non-hydrogen) atoms.